The Hall–Kier alpha value is -8.06. The highest BCUT2D eigenvalue weighted by Crippen LogP contribution is 2.18. The number of nitrogens with zero attached hydrogens (tertiary/aromatic N) is 4. The summed E-state index contributed by atoms with van der Waals surface area (Å²) in [7, 11) is -1.09. The Morgan fingerprint density at radius 3 is 1.36 bits per heavy atom. The zero-order valence-corrected chi connectivity index (χ0v) is 54.5. The molecule has 0 radical (unpaired) electrons. The Morgan fingerprint density at radius 1 is 0.535 bits per heavy atom. The molecular formula is C67H100N10O8S. The molecule has 1 aliphatic heterocycles. The van der Waals surface area contributed by atoms with Crippen molar-refractivity contribution >= 4 is 69.2 Å². The van der Waals surface area contributed by atoms with Gasteiger partial charge in [0.05, 0.1) is 10.9 Å². The van der Waals surface area contributed by atoms with E-state index < -0.39 is 9.84 Å². The number of amides is 6. The summed E-state index contributed by atoms with van der Waals surface area (Å²) in [5.41, 5.74) is 4.70. The smallest absolute Gasteiger partial charge is 0.247 e. The van der Waals surface area contributed by atoms with Crippen LogP contribution in [-0.2, 0) is 45.7 Å². The van der Waals surface area contributed by atoms with E-state index >= 15 is 0 Å². The molecule has 3 aliphatic rings. The highest BCUT2D eigenvalue weighted by molar-refractivity contribution is 7.94. The van der Waals surface area contributed by atoms with Crippen molar-refractivity contribution in [3.63, 3.8) is 0 Å². The largest absolute Gasteiger partial charge is 0.350 e. The number of carbonyl (C=O) groups excluding carboxylic acids is 6. The van der Waals surface area contributed by atoms with E-state index in [2.05, 4.69) is 59.5 Å². The minimum Gasteiger partial charge on any atom is -0.350 e. The van der Waals surface area contributed by atoms with Crippen LogP contribution in [0.25, 0.3) is 18.2 Å². The summed E-state index contributed by atoms with van der Waals surface area (Å²) in [6.07, 6.45) is 34.4. The Morgan fingerprint density at radius 2 is 0.988 bits per heavy atom. The number of hydrogen-bond donors (Lipinski definition) is 6. The molecule has 6 rings (SSSR count). The maximum absolute atomic E-state index is 11.4. The third-order valence-corrected chi connectivity index (χ3v) is 12.8. The molecule has 6 amide bonds. The van der Waals surface area contributed by atoms with Gasteiger partial charge in [-0.2, -0.15) is 0 Å². The zero-order valence-electron chi connectivity index (χ0n) is 53.7. The molecule has 3 heterocycles. The van der Waals surface area contributed by atoms with Crippen molar-refractivity contribution in [1.82, 2.24) is 46.4 Å². The highest BCUT2D eigenvalue weighted by atomic mass is 32.2. The summed E-state index contributed by atoms with van der Waals surface area (Å²) in [6.45, 7) is 29.8. The summed E-state index contributed by atoms with van der Waals surface area (Å²) in [4.78, 5) is 79.7. The number of rotatable bonds is 18. The van der Waals surface area contributed by atoms with Gasteiger partial charge in [-0.25, -0.2) is 13.4 Å². The molecule has 1 aromatic carbocycles. The maximum Gasteiger partial charge on any atom is 0.247 e. The SMILES string of the molecule is C=CS(=O)(=O)C(C)C.CC(C)NC(=O)/C=C/C1=NC=CC1.CC(C)NC(=O)/C=C/c1ccccc1.CC(C)NC(=O)/C=C/c1ccccn1.CC(C)NC(=O)/C=C/c1nccn1C.CC(C)NC(=O)C1=CCCC1.CC(C)NC(=O)C1=CCCCC1. The van der Waals surface area contributed by atoms with Crippen LogP contribution >= 0.6 is 0 Å². The number of aliphatic imine (C=N–C) groups is 1. The predicted octanol–water partition coefficient (Wildman–Crippen LogP) is 10.8. The lowest BCUT2D eigenvalue weighted by Crippen LogP contribution is -2.31. The minimum atomic E-state index is -2.97. The van der Waals surface area contributed by atoms with Gasteiger partial charge in [0, 0.05) is 121 Å². The Bertz CT molecular complexity index is 2810. The number of aryl methyl sites for hydroxylation is 1. The Kier molecular flexibility index (Phi) is 41.1. The Balaban J connectivity index is 0.000000986. The molecule has 0 bridgehead atoms. The van der Waals surface area contributed by atoms with Crippen LogP contribution < -0.4 is 31.9 Å². The monoisotopic (exact) mass is 1200 g/mol. The van der Waals surface area contributed by atoms with Gasteiger partial charge < -0.3 is 36.5 Å². The summed E-state index contributed by atoms with van der Waals surface area (Å²) in [6, 6.07) is 16.5. The summed E-state index contributed by atoms with van der Waals surface area (Å²) in [5, 5.41) is 17.5. The molecule has 0 saturated heterocycles. The fraction of sp³-hybridized carbons (Fsp3) is 0.448. The first-order chi connectivity index (χ1) is 40.5. The number of allylic oxidation sites excluding steroid dienone is 4. The average molecular weight is 1210 g/mol. The molecule has 86 heavy (non-hydrogen) atoms. The lowest BCUT2D eigenvalue weighted by Gasteiger charge is -2.14. The third-order valence-electron chi connectivity index (χ3n) is 11.0. The number of carbonyl (C=O) groups is 6. The molecule has 0 spiro atoms. The van der Waals surface area contributed by atoms with Crippen molar-refractivity contribution in [2.75, 3.05) is 0 Å². The van der Waals surface area contributed by atoms with Crippen molar-refractivity contribution in [3.8, 4) is 0 Å². The van der Waals surface area contributed by atoms with Gasteiger partial charge in [-0.1, -0.05) is 61.2 Å². The van der Waals surface area contributed by atoms with E-state index in [1.165, 1.54) is 24.6 Å². The van der Waals surface area contributed by atoms with E-state index in [1.807, 2.05) is 162 Å². The fourth-order valence-electron chi connectivity index (χ4n) is 6.87. The second-order valence-corrected chi connectivity index (χ2v) is 24.4. The van der Waals surface area contributed by atoms with E-state index in [0.29, 0.717) is 0 Å². The molecule has 19 heteroatoms. The maximum atomic E-state index is 11.4. The number of imidazole rings is 1. The number of benzene rings is 1. The van der Waals surface area contributed by atoms with Crippen LogP contribution in [0.4, 0.5) is 0 Å². The molecule has 0 fully saturated rings. The van der Waals surface area contributed by atoms with Gasteiger partial charge in [-0.05, 0) is 184 Å². The van der Waals surface area contributed by atoms with Gasteiger partial charge in [-0.15, -0.1) is 0 Å². The first-order valence-electron chi connectivity index (χ1n) is 29.5. The number of hydrogen-bond acceptors (Lipinski definition) is 11. The third kappa shape index (κ3) is 41.9. The minimum absolute atomic E-state index is 0.0520. The highest BCUT2D eigenvalue weighted by Gasteiger charge is 2.14. The molecule has 472 valence electrons. The first kappa shape index (κ1) is 77.9. The van der Waals surface area contributed by atoms with E-state index in [9.17, 15) is 37.2 Å². The van der Waals surface area contributed by atoms with Gasteiger partial charge in [0.1, 0.15) is 5.82 Å². The van der Waals surface area contributed by atoms with Crippen molar-refractivity contribution in [3.05, 3.63) is 162 Å². The number of sulfone groups is 1. The van der Waals surface area contributed by atoms with E-state index in [-0.39, 0.29) is 76.9 Å². The lowest BCUT2D eigenvalue weighted by molar-refractivity contribution is -0.119. The van der Waals surface area contributed by atoms with Crippen LogP contribution in [0.15, 0.2) is 150 Å². The second kappa shape index (κ2) is 45.3. The molecule has 2 aromatic heterocycles. The molecule has 3 aromatic rings. The summed E-state index contributed by atoms with van der Waals surface area (Å²) in [5.74, 6) is 0.716. The van der Waals surface area contributed by atoms with Crippen molar-refractivity contribution in [1.29, 1.82) is 0 Å². The molecule has 18 nitrogen and oxygen atoms in total. The molecule has 2 aliphatic carbocycles. The van der Waals surface area contributed by atoms with Crippen molar-refractivity contribution in [2.24, 2.45) is 12.0 Å². The van der Waals surface area contributed by atoms with Gasteiger partial charge in [0.25, 0.3) is 0 Å². The van der Waals surface area contributed by atoms with Crippen LogP contribution in [-0.4, -0.2) is 106 Å². The number of pyridine rings is 1. The zero-order chi connectivity index (χ0) is 65.0. The van der Waals surface area contributed by atoms with Crippen molar-refractivity contribution < 1.29 is 37.2 Å². The van der Waals surface area contributed by atoms with Gasteiger partial charge in [0.15, 0.2) is 9.84 Å². The Labute approximate surface area is 514 Å². The first-order valence-corrected chi connectivity index (χ1v) is 31.1. The van der Waals surface area contributed by atoms with E-state index in [0.717, 1.165) is 84.3 Å². The normalized spacial score (nSPS) is 13.3. The number of aromatic nitrogens is 3. The quantitative estimate of drug-likeness (QED) is 0.0657. The van der Waals surface area contributed by atoms with Crippen LogP contribution in [0.2, 0.25) is 0 Å². The second-order valence-electron chi connectivity index (χ2n) is 21.9. The van der Waals surface area contributed by atoms with Gasteiger partial charge in [0.2, 0.25) is 35.4 Å². The predicted molar refractivity (Wildman–Crippen MR) is 354 cm³/mol. The molecule has 0 saturated carbocycles. The van der Waals surface area contributed by atoms with Gasteiger partial charge >= 0.3 is 0 Å². The van der Waals surface area contributed by atoms with E-state index in [4.69, 9.17) is 0 Å². The topological polar surface area (TPSA) is 252 Å². The van der Waals surface area contributed by atoms with Crippen LogP contribution in [0, 0.1) is 0 Å². The average Bonchev–Trinajstić information content (AvgIpc) is 4.32. The van der Waals surface area contributed by atoms with Crippen LogP contribution in [0.1, 0.15) is 165 Å². The molecule has 0 atom stereocenters. The molecule has 6 N–H and O–H groups in total. The summed E-state index contributed by atoms with van der Waals surface area (Å²) >= 11 is 0. The lowest BCUT2D eigenvalue weighted by atomic mass is 9.99. The van der Waals surface area contributed by atoms with E-state index in [1.54, 1.807) is 62.8 Å². The molecule has 0 unspecified atom stereocenters. The summed E-state index contributed by atoms with van der Waals surface area (Å²) < 4.78 is 23.0. The molecular weight excluding hydrogens is 1100 g/mol. The standard InChI is InChI=1S/C12H15NO.C11H14N2O.C10H15N3O.C10H14N2O.C10H17NO.C9H15NO.C5H10O2S/c1-10(2)13-12(14)9-8-11-6-4-3-5-7-11;1-9(2)13-11(14)7-6-10-5-3-4-8-12-10;1-8(2)12-10(14)5-4-9-11-6-7-13(9)3;1-8(2)12-10(13)6-5-9-4-3-7-11-9;1-8(2)11-10(12)9-6-4-3-5-7-9;1-7(2)10-9(11)8-5-3-4-6-8;1-4-8(6,7)5(2)3/h3-10H,1-2H3,(H,13,14);3-9H,1-2H3,(H,13,14);4-8H,1-3H3,(H,12,14);3,5-8H,4H2,1-2H3,(H,12,13);6,8H,3-5,7H2,1-2H3,(H,11,12);5,7H,3-4,6H2,1-2H3,(H,10,11);4-5H,1H2,2-3H3/b9-8+;7-6+;5-4+;6-5+;;;. The van der Waals surface area contributed by atoms with Crippen LogP contribution in [0.3, 0.4) is 0 Å². The van der Waals surface area contributed by atoms with Crippen molar-refractivity contribution in [2.45, 2.75) is 190 Å². The van der Waals surface area contributed by atoms with Gasteiger partial charge in [-0.3, -0.25) is 38.7 Å². The fourth-order valence-corrected chi connectivity index (χ4v) is 7.26. The number of nitrogens with one attached hydrogen (secondary N) is 6. The van der Waals surface area contributed by atoms with Crippen LogP contribution in [0.5, 0.6) is 0 Å².